The van der Waals surface area contributed by atoms with E-state index in [0.717, 1.165) is 21.7 Å². The van der Waals surface area contributed by atoms with Gasteiger partial charge in [-0.25, -0.2) is 9.37 Å². The maximum atomic E-state index is 14.4. The van der Waals surface area contributed by atoms with Crippen LogP contribution in [0.4, 0.5) is 4.39 Å². The smallest absolute Gasteiger partial charge is 0.258 e. The van der Waals surface area contributed by atoms with E-state index in [1.165, 1.54) is 11.0 Å². The summed E-state index contributed by atoms with van der Waals surface area (Å²) in [4.78, 5) is 48.6. The molecular formula is C29H31FN4O3S. The fourth-order valence-electron chi connectivity index (χ4n) is 5.47. The number of nitrogens with one attached hydrogen (secondary N) is 1. The van der Waals surface area contributed by atoms with Crippen LogP contribution in [0.5, 0.6) is 0 Å². The van der Waals surface area contributed by atoms with Crippen molar-refractivity contribution in [2.45, 2.75) is 58.8 Å². The number of fused-ring (bicyclic) bond motifs is 1. The van der Waals surface area contributed by atoms with Gasteiger partial charge in [0, 0.05) is 19.6 Å². The molecule has 0 bridgehead atoms. The van der Waals surface area contributed by atoms with Crippen LogP contribution in [0.1, 0.15) is 53.9 Å². The first-order valence-electron chi connectivity index (χ1n) is 12.9. The zero-order chi connectivity index (χ0) is 27.0. The molecule has 1 aromatic heterocycles. The predicted octanol–water partition coefficient (Wildman–Crippen LogP) is 4.55. The molecule has 2 unspecified atom stereocenters. The van der Waals surface area contributed by atoms with Crippen molar-refractivity contribution in [3.63, 3.8) is 0 Å². The Morgan fingerprint density at radius 2 is 1.95 bits per heavy atom. The highest BCUT2D eigenvalue weighted by molar-refractivity contribution is 7.13. The number of hydrogen-bond acceptors (Lipinski definition) is 5. The predicted molar refractivity (Wildman–Crippen MR) is 144 cm³/mol. The zero-order valence-electron chi connectivity index (χ0n) is 21.7. The molecule has 5 rings (SSSR count). The number of likely N-dealkylation sites (tertiary alicyclic amines) is 1. The van der Waals surface area contributed by atoms with Crippen molar-refractivity contribution >= 4 is 29.1 Å². The van der Waals surface area contributed by atoms with Crippen molar-refractivity contribution in [1.82, 2.24) is 20.1 Å². The molecule has 2 atom stereocenters. The van der Waals surface area contributed by atoms with E-state index >= 15 is 0 Å². The number of carbonyl (C=O) groups is 3. The van der Waals surface area contributed by atoms with Gasteiger partial charge in [0.15, 0.2) is 0 Å². The lowest BCUT2D eigenvalue weighted by Gasteiger charge is -2.35. The van der Waals surface area contributed by atoms with E-state index < -0.39 is 23.8 Å². The summed E-state index contributed by atoms with van der Waals surface area (Å²) in [5, 5.41) is 2.99. The third-order valence-corrected chi connectivity index (χ3v) is 8.38. The van der Waals surface area contributed by atoms with Crippen molar-refractivity contribution in [2.24, 2.45) is 5.92 Å². The van der Waals surface area contributed by atoms with E-state index in [0.29, 0.717) is 31.5 Å². The number of carbonyl (C=O) groups excluding carboxylic acids is 3. The first kappa shape index (κ1) is 26.0. The minimum atomic E-state index is -0.773. The third kappa shape index (κ3) is 4.82. The van der Waals surface area contributed by atoms with Crippen LogP contribution in [0.3, 0.4) is 0 Å². The first-order valence-corrected chi connectivity index (χ1v) is 13.8. The largest absolute Gasteiger partial charge is 0.350 e. The Kier molecular flexibility index (Phi) is 7.29. The molecule has 198 valence electrons. The molecule has 1 N–H and O–H groups in total. The summed E-state index contributed by atoms with van der Waals surface area (Å²) in [6.45, 7) is 6.71. The fourth-order valence-corrected chi connectivity index (χ4v) is 6.29. The number of thiazole rings is 1. The van der Waals surface area contributed by atoms with Gasteiger partial charge in [-0.3, -0.25) is 14.4 Å². The van der Waals surface area contributed by atoms with Crippen molar-refractivity contribution in [3.05, 3.63) is 76.2 Å². The topological polar surface area (TPSA) is 82.6 Å². The molecule has 0 aliphatic carbocycles. The summed E-state index contributed by atoms with van der Waals surface area (Å²) in [6, 6.07) is 11.2. The summed E-state index contributed by atoms with van der Waals surface area (Å²) < 4.78 is 14.4. The fraction of sp³-hybridized carbons (Fsp3) is 0.379. The molecule has 38 heavy (non-hydrogen) atoms. The van der Waals surface area contributed by atoms with E-state index in [9.17, 15) is 18.8 Å². The lowest BCUT2D eigenvalue weighted by atomic mass is 10.0. The molecule has 9 heteroatoms. The Labute approximate surface area is 225 Å². The van der Waals surface area contributed by atoms with Gasteiger partial charge >= 0.3 is 0 Å². The van der Waals surface area contributed by atoms with E-state index in [1.807, 2.05) is 50.5 Å². The van der Waals surface area contributed by atoms with Gasteiger partial charge in [-0.2, -0.15) is 0 Å². The van der Waals surface area contributed by atoms with Gasteiger partial charge in [0.1, 0.15) is 17.9 Å². The second-order valence-corrected chi connectivity index (χ2v) is 11.1. The average molecular weight is 535 g/mol. The first-order chi connectivity index (χ1) is 18.3. The summed E-state index contributed by atoms with van der Waals surface area (Å²) in [6.07, 6.45) is 1.27. The number of rotatable bonds is 7. The van der Waals surface area contributed by atoms with E-state index in [2.05, 4.69) is 10.3 Å². The number of aryl methyl sites for hydroxylation is 1. The maximum Gasteiger partial charge on any atom is 0.258 e. The van der Waals surface area contributed by atoms with Crippen molar-refractivity contribution < 1.29 is 18.8 Å². The highest BCUT2D eigenvalue weighted by Gasteiger charge is 2.44. The molecule has 0 spiro atoms. The molecule has 3 aromatic rings. The minimum absolute atomic E-state index is 0.0400. The molecule has 1 fully saturated rings. The van der Waals surface area contributed by atoms with Gasteiger partial charge in [0.05, 0.1) is 21.6 Å². The molecule has 2 aliphatic rings. The summed E-state index contributed by atoms with van der Waals surface area (Å²) in [5.41, 5.74) is 5.49. The van der Waals surface area contributed by atoms with E-state index in [-0.39, 0.29) is 29.8 Å². The zero-order valence-corrected chi connectivity index (χ0v) is 22.6. The van der Waals surface area contributed by atoms with Crippen LogP contribution >= 0.6 is 11.3 Å². The summed E-state index contributed by atoms with van der Waals surface area (Å²) in [5.74, 6) is -1.71. The van der Waals surface area contributed by atoms with Gasteiger partial charge in [-0.15, -0.1) is 11.3 Å². The molecule has 0 saturated carbocycles. The SMILES string of the molecule is Cc1ncsc1-c1ccc(CNC(=O)C2CCCN2C(=O)C(C(C)C)N2Cc3cccc(F)c3C2=O)cc1. The Morgan fingerprint density at radius 3 is 2.61 bits per heavy atom. The Morgan fingerprint density at radius 1 is 1.18 bits per heavy atom. The van der Waals surface area contributed by atoms with E-state index in [1.54, 1.807) is 28.4 Å². The number of amides is 3. The maximum absolute atomic E-state index is 14.4. The molecular weight excluding hydrogens is 503 g/mol. The van der Waals surface area contributed by atoms with Gasteiger partial charge in [0.25, 0.3) is 5.91 Å². The van der Waals surface area contributed by atoms with Crippen LogP contribution in [0.2, 0.25) is 0 Å². The second-order valence-electron chi connectivity index (χ2n) is 10.3. The number of hydrogen-bond donors (Lipinski definition) is 1. The Bertz CT molecular complexity index is 1370. The monoisotopic (exact) mass is 534 g/mol. The van der Waals surface area contributed by atoms with Gasteiger partial charge in [0.2, 0.25) is 11.8 Å². The molecule has 3 heterocycles. The average Bonchev–Trinajstić information content (AvgIpc) is 3.63. The van der Waals surface area contributed by atoms with Crippen molar-refractivity contribution in [2.75, 3.05) is 6.54 Å². The highest BCUT2D eigenvalue weighted by Crippen LogP contribution is 2.31. The van der Waals surface area contributed by atoms with Crippen LogP contribution < -0.4 is 5.32 Å². The summed E-state index contributed by atoms with van der Waals surface area (Å²) in [7, 11) is 0. The number of benzene rings is 2. The van der Waals surface area contributed by atoms with Gasteiger partial charge in [-0.05, 0) is 48.4 Å². The highest BCUT2D eigenvalue weighted by atomic mass is 32.1. The van der Waals surface area contributed by atoms with Crippen molar-refractivity contribution in [1.29, 1.82) is 0 Å². The standard InChI is InChI=1S/C29H31FN4O3S/c1-17(2)25(34-15-21-6-4-7-22(30)24(21)28(34)36)29(37)33-13-5-8-23(33)27(35)31-14-19-9-11-20(12-10-19)26-18(3)32-16-38-26/h4,6-7,9-12,16-17,23,25H,5,8,13-15H2,1-3H3,(H,31,35). The normalized spacial score (nSPS) is 17.7. The Hall–Kier alpha value is -3.59. The molecule has 0 radical (unpaired) electrons. The van der Waals surface area contributed by atoms with Crippen LogP contribution in [-0.2, 0) is 22.7 Å². The molecule has 2 aromatic carbocycles. The van der Waals surface area contributed by atoms with Crippen molar-refractivity contribution in [3.8, 4) is 10.4 Å². The lowest BCUT2D eigenvalue weighted by molar-refractivity contribution is -0.143. The van der Waals surface area contributed by atoms with Crippen LogP contribution in [0.25, 0.3) is 10.4 Å². The lowest BCUT2D eigenvalue weighted by Crippen LogP contribution is -2.55. The second kappa shape index (κ2) is 10.6. The third-order valence-electron chi connectivity index (χ3n) is 7.40. The van der Waals surface area contributed by atoms with Crippen LogP contribution in [-0.4, -0.2) is 51.1 Å². The van der Waals surface area contributed by atoms with Crippen LogP contribution in [0.15, 0.2) is 48.0 Å². The summed E-state index contributed by atoms with van der Waals surface area (Å²) >= 11 is 1.60. The number of aromatic nitrogens is 1. The van der Waals surface area contributed by atoms with Crippen LogP contribution in [0, 0.1) is 18.7 Å². The molecule has 7 nitrogen and oxygen atoms in total. The van der Waals surface area contributed by atoms with Gasteiger partial charge in [-0.1, -0.05) is 50.2 Å². The molecule has 3 amide bonds. The molecule has 1 saturated heterocycles. The number of halogens is 1. The minimum Gasteiger partial charge on any atom is -0.350 e. The van der Waals surface area contributed by atoms with E-state index in [4.69, 9.17) is 0 Å². The number of nitrogens with zero attached hydrogens (tertiary/aromatic N) is 3. The van der Waals surface area contributed by atoms with Gasteiger partial charge < -0.3 is 15.1 Å². The molecule has 2 aliphatic heterocycles. The Balaban J connectivity index is 1.26. The quantitative estimate of drug-likeness (QED) is 0.482.